The zero-order valence-corrected chi connectivity index (χ0v) is 10.7. The predicted octanol–water partition coefficient (Wildman–Crippen LogP) is 4.66. The van der Waals surface area contributed by atoms with Crippen LogP contribution in [0.3, 0.4) is 0 Å². The second-order valence-electron chi connectivity index (χ2n) is 3.89. The van der Waals surface area contributed by atoms with E-state index in [9.17, 15) is 0 Å². The molecule has 0 N–H and O–H groups in total. The highest BCUT2D eigenvalue weighted by Gasteiger charge is 2.04. The summed E-state index contributed by atoms with van der Waals surface area (Å²) >= 11 is 3.51. The molecule has 2 heteroatoms. The molecular weight excluding hydrogens is 274 g/mol. The van der Waals surface area contributed by atoms with Gasteiger partial charge in [-0.05, 0) is 35.4 Å². The first-order valence-electron chi connectivity index (χ1n) is 5.44. The highest BCUT2D eigenvalue weighted by Crippen LogP contribution is 2.29. The first-order chi connectivity index (χ1) is 8.34. The van der Waals surface area contributed by atoms with Gasteiger partial charge >= 0.3 is 0 Å². The molecule has 17 heavy (non-hydrogen) atoms. The molecule has 0 unspecified atom stereocenters. The van der Waals surface area contributed by atoms with Gasteiger partial charge in [-0.25, -0.2) is 0 Å². The zero-order chi connectivity index (χ0) is 11.7. The molecule has 0 aliphatic rings. The smallest absolute Gasteiger partial charge is 0.0708 e. The number of nitrogens with zero attached hydrogens (tertiary/aromatic N) is 1. The molecule has 1 nitrogen and oxygen atoms in total. The molecule has 0 radical (unpaired) electrons. The summed E-state index contributed by atoms with van der Waals surface area (Å²) in [6.07, 6.45) is 1.86. The summed E-state index contributed by atoms with van der Waals surface area (Å²) in [5.74, 6) is 0. The molecule has 0 fully saturated rings. The third-order valence-electron chi connectivity index (χ3n) is 2.79. The molecule has 0 atom stereocenters. The Morgan fingerprint density at radius 2 is 1.71 bits per heavy atom. The lowest BCUT2D eigenvalue weighted by atomic mass is 10.0. The van der Waals surface area contributed by atoms with Crippen LogP contribution in [0.25, 0.3) is 22.0 Å². The molecule has 0 saturated heterocycles. The summed E-state index contributed by atoms with van der Waals surface area (Å²) in [5.41, 5.74) is 3.46. The number of pyridine rings is 1. The van der Waals surface area contributed by atoms with E-state index >= 15 is 0 Å². The van der Waals surface area contributed by atoms with E-state index < -0.39 is 0 Å². The van der Waals surface area contributed by atoms with Crippen LogP contribution in [-0.4, -0.2) is 4.98 Å². The predicted molar refractivity (Wildman–Crippen MR) is 74.9 cm³/mol. The number of fused-ring (bicyclic) bond motifs is 1. The van der Waals surface area contributed by atoms with Crippen LogP contribution in [0.5, 0.6) is 0 Å². The number of hydrogen-bond donors (Lipinski definition) is 0. The Kier molecular flexibility index (Phi) is 2.65. The quantitative estimate of drug-likeness (QED) is 0.633. The van der Waals surface area contributed by atoms with Gasteiger partial charge in [-0.1, -0.05) is 46.3 Å². The average molecular weight is 284 g/mol. The molecule has 0 bridgehead atoms. The van der Waals surface area contributed by atoms with Crippen molar-refractivity contribution in [3.63, 3.8) is 0 Å². The number of aromatic nitrogens is 1. The molecule has 1 aromatic heterocycles. The van der Waals surface area contributed by atoms with Gasteiger partial charge in [-0.3, -0.25) is 4.98 Å². The van der Waals surface area contributed by atoms with Gasteiger partial charge in [0.15, 0.2) is 0 Å². The lowest BCUT2D eigenvalue weighted by Crippen LogP contribution is -1.84. The van der Waals surface area contributed by atoms with E-state index in [1.54, 1.807) is 0 Å². The van der Waals surface area contributed by atoms with E-state index in [1.807, 2.05) is 24.4 Å². The molecule has 0 amide bonds. The third-order valence-corrected chi connectivity index (χ3v) is 3.28. The van der Waals surface area contributed by atoms with Crippen LogP contribution < -0.4 is 0 Å². The first-order valence-corrected chi connectivity index (χ1v) is 6.23. The van der Waals surface area contributed by atoms with E-state index in [0.717, 1.165) is 9.99 Å². The van der Waals surface area contributed by atoms with Crippen LogP contribution in [0, 0.1) is 0 Å². The minimum Gasteiger partial charge on any atom is -0.256 e. The fraction of sp³-hybridized carbons (Fsp3) is 0. The number of halogens is 1. The van der Waals surface area contributed by atoms with Crippen LogP contribution in [0.1, 0.15) is 0 Å². The fourth-order valence-corrected chi connectivity index (χ4v) is 2.35. The Labute approximate surface area is 108 Å². The van der Waals surface area contributed by atoms with Gasteiger partial charge in [-0.15, -0.1) is 0 Å². The summed E-state index contributed by atoms with van der Waals surface area (Å²) in [7, 11) is 0. The van der Waals surface area contributed by atoms with Crippen LogP contribution in [0.15, 0.2) is 65.3 Å². The molecule has 3 rings (SSSR count). The van der Waals surface area contributed by atoms with Gasteiger partial charge < -0.3 is 0 Å². The second kappa shape index (κ2) is 4.30. The van der Waals surface area contributed by atoms with E-state index in [2.05, 4.69) is 57.3 Å². The second-order valence-corrected chi connectivity index (χ2v) is 4.80. The molecule has 0 saturated carbocycles. The number of benzene rings is 2. The molecule has 1 heterocycles. The number of hydrogen-bond acceptors (Lipinski definition) is 1. The van der Waals surface area contributed by atoms with Crippen molar-refractivity contribution in [2.45, 2.75) is 0 Å². The van der Waals surface area contributed by atoms with E-state index in [-0.39, 0.29) is 0 Å². The molecule has 0 aliphatic heterocycles. The maximum absolute atomic E-state index is 4.39. The SMILES string of the molecule is Brc1ccc2nccc(-c3ccccc3)c2c1. The first kappa shape index (κ1) is 10.5. The number of rotatable bonds is 1. The van der Waals surface area contributed by atoms with Gasteiger partial charge in [0, 0.05) is 16.1 Å². The van der Waals surface area contributed by atoms with Crippen molar-refractivity contribution in [2.24, 2.45) is 0 Å². The topological polar surface area (TPSA) is 12.9 Å². The Hall–Kier alpha value is -1.67. The maximum Gasteiger partial charge on any atom is 0.0708 e. The molecular formula is C15H10BrN. The Bertz CT molecular complexity index is 662. The van der Waals surface area contributed by atoms with E-state index in [4.69, 9.17) is 0 Å². The minimum atomic E-state index is 1.02. The Morgan fingerprint density at radius 3 is 2.53 bits per heavy atom. The highest BCUT2D eigenvalue weighted by atomic mass is 79.9. The monoisotopic (exact) mass is 283 g/mol. The van der Waals surface area contributed by atoms with Gasteiger partial charge in [0.1, 0.15) is 0 Å². The normalized spacial score (nSPS) is 10.6. The van der Waals surface area contributed by atoms with Crippen molar-refractivity contribution < 1.29 is 0 Å². The fourth-order valence-electron chi connectivity index (χ4n) is 1.99. The van der Waals surface area contributed by atoms with Gasteiger partial charge in [0.25, 0.3) is 0 Å². The van der Waals surface area contributed by atoms with Crippen LogP contribution in [0.2, 0.25) is 0 Å². The Morgan fingerprint density at radius 1 is 0.882 bits per heavy atom. The summed E-state index contributed by atoms with van der Waals surface area (Å²) in [6, 6.07) is 18.6. The maximum atomic E-state index is 4.39. The van der Waals surface area contributed by atoms with Gasteiger partial charge in [0.2, 0.25) is 0 Å². The molecule has 0 spiro atoms. The van der Waals surface area contributed by atoms with Crippen LogP contribution >= 0.6 is 15.9 Å². The summed E-state index contributed by atoms with van der Waals surface area (Å²) < 4.78 is 1.08. The summed E-state index contributed by atoms with van der Waals surface area (Å²) in [4.78, 5) is 4.39. The molecule has 0 aliphatic carbocycles. The van der Waals surface area contributed by atoms with Crippen molar-refractivity contribution in [3.8, 4) is 11.1 Å². The van der Waals surface area contributed by atoms with Crippen molar-refractivity contribution in [1.29, 1.82) is 0 Å². The van der Waals surface area contributed by atoms with Crippen LogP contribution in [-0.2, 0) is 0 Å². The van der Waals surface area contributed by atoms with Crippen molar-refractivity contribution in [1.82, 2.24) is 4.98 Å². The lowest BCUT2D eigenvalue weighted by molar-refractivity contribution is 1.41. The van der Waals surface area contributed by atoms with Gasteiger partial charge in [0.05, 0.1) is 5.52 Å². The summed E-state index contributed by atoms with van der Waals surface area (Å²) in [6.45, 7) is 0. The summed E-state index contributed by atoms with van der Waals surface area (Å²) in [5, 5.41) is 1.17. The average Bonchev–Trinajstić information content (AvgIpc) is 2.39. The van der Waals surface area contributed by atoms with Crippen LogP contribution in [0.4, 0.5) is 0 Å². The Balaban J connectivity index is 2.33. The van der Waals surface area contributed by atoms with Gasteiger partial charge in [-0.2, -0.15) is 0 Å². The zero-order valence-electron chi connectivity index (χ0n) is 9.10. The third kappa shape index (κ3) is 1.96. The molecule has 2 aromatic carbocycles. The largest absolute Gasteiger partial charge is 0.256 e. The van der Waals surface area contributed by atoms with Crippen molar-refractivity contribution >= 4 is 26.8 Å². The minimum absolute atomic E-state index is 1.02. The molecule has 82 valence electrons. The molecule has 3 aromatic rings. The highest BCUT2D eigenvalue weighted by molar-refractivity contribution is 9.10. The van der Waals surface area contributed by atoms with E-state index in [0.29, 0.717) is 0 Å². The van der Waals surface area contributed by atoms with Crippen molar-refractivity contribution in [2.75, 3.05) is 0 Å². The standard InChI is InChI=1S/C15H10BrN/c16-12-6-7-15-14(10-12)13(8-9-17-15)11-4-2-1-3-5-11/h1-10H. The van der Waals surface area contributed by atoms with E-state index in [1.165, 1.54) is 16.5 Å². The lowest BCUT2D eigenvalue weighted by Gasteiger charge is -2.06. The van der Waals surface area contributed by atoms with Crippen molar-refractivity contribution in [3.05, 3.63) is 65.3 Å².